The molecule has 0 aliphatic carbocycles. The zero-order valence-electron chi connectivity index (χ0n) is 17.3. The van der Waals surface area contributed by atoms with Gasteiger partial charge in [0.05, 0.1) is 11.9 Å². The monoisotopic (exact) mass is 389 g/mol. The summed E-state index contributed by atoms with van der Waals surface area (Å²) in [4.78, 5) is 12.5. The number of hydrogen-bond donors (Lipinski definition) is 2. The number of rotatable bonds is 11. The molecule has 0 saturated carbocycles. The van der Waals surface area contributed by atoms with Gasteiger partial charge in [0.1, 0.15) is 0 Å². The molecule has 29 heavy (non-hydrogen) atoms. The highest BCUT2D eigenvalue weighted by Crippen LogP contribution is 2.20. The Bertz CT molecular complexity index is 869. The Morgan fingerprint density at radius 2 is 1.66 bits per heavy atom. The molecule has 1 heterocycles. The van der Waals surface area contributed by atoms with E-state index >= 15 is 0 Å². The maximum absolute atomic E-state index is 12.5. The van der Waals surface area contributed by atoms with Gasteiger partial charge in [-0.25, -0.2) is 0 Å². The van der Waals surface area contributed by atoms with Crippen LogP contribution in [-0.2, 0) is 13.0 Å². The fourth-order valence-electron chi connectivity index (χ4n) is 3.51. The molecule has 1 amide bonds. The highest BCUT2D eigenvalue weighted by molar-refractivity contribution is 5.94. The molecule has 0 aliphatic rings. The van der Waals surface area contributed by atoms with E-state index in [2.05, 4.69) is 34.6 Å². The van der Waals surface area contributed by atoms with Crippen molar-refractivity contribution in [3.8, 4) is 11.3 Å². The van der Waals surface area contributed by atoms with Crippen LogP contribution in [0.2, 0.25) is 0 Å². The Hall–Kier alpha value is -2.88. The average molecular weight is 390 g/mol. The second-order valence-corrected chi connectivity index (χ2v) is 7.53. The van der Waals surface area contributed by atoms with Gasteiger partial charge in [-0.05, 0) is 36.1 Å². The Labute approximate surface area is 173 Å². The lowest BCUT2D eigenvalue weighted by Gasteiger charge is -2.07. The smallest absolute Gasteiger partial charge is 0.251 e. The van der Waals surface area contributed by atoms with Crippen LogP contribution in [0.25, 0.3) is 11.3 Å². The molecular weight excluding hydrogens is 358 g/mol. The van der Waals surface area contributed by atoms with Crippen LogP contribution in [0, 0.1) is 0 Å². The minimum Gasteiger partial charge on any atom is -0.348 e. The van der Waals surface area contributed by atoms with E-state index in [1.807, 2.05) is 42.5 Å². The molecule has 3 aromatic rings. The third kappa shape index (κ3) is 6.31. The molecule has 0 spiro atoms. The van der Waals surface area contributed by atoms with Crippen LogP contribution in [0.4, 0.5) is 0 Å². The lowest BCUT2D eigenvalue weighted by atomic mass is 10.0. The second-order valence-electron chi connectivity index (χ2n) is 7.53. The number of amides is 1. The predicted octanol–water partition coefficient (Wildman–Crippen LogP) is 5.91. The summed E-state index contributed by atoms with van der Waals surface area (Å²) < 4.78 is 0. The minimum absolute atomic E-state index is 0.0590. The molecule has 0 radical (unpaired) electrons. The molecule has 4 nitrogen and oxygen atoms in total. The summed E-state index contributed by atoms with van der Waals surface area (Å²) in [7, 11) is 0. The van der Waals surface area contributed by atoms with Crippen molar-refractivity contribution in [3.63, 3.8) is 0 Å². The number of unbranched alkanes of at least 4 members (excludes halogenated alkanes) is 5. The van der Waals surface area contributed by atoms with Gasteiger partial charge in [0, 0.05) is 17.7 Å². The van der Waals surface area contributed by atoms with Crippen molar-refractivity contribution in [1.29, 1.82) is 0 Å². The Balaban J connectivity index is 1.47. The Morgan fingerprint density at radius 1 is 0.931 bits per heavy atom. The quantitative estimate of drug-likeness (QED) is 0.401. The largest absolute Gasteiger partial charge is 0.348 e. The van der Waals surface area contributed by atoms with E-state index in [1.54, 1.807) is 6.20 Å². The molecule has 1 aromatic heterocycles. The molecule has 152 valence electrons. The van der Waals surface area contributed by atoms with Crippen molar-refractivity contribution in [1.82, 2.24) is 15.5 Å². The summed E-state index contributed by atoms with van der Waals surface area (Å²) in [5.74, 6) is -0.0590. The molecule has 2 aromatic carbocycles. The minimum atomic E-state index is -0.0590. The van der Waals surface area contributed by atoms with Crippen LogP contribution in [0.3, 0.4) is 0 Å². The van der Waals surface area contributed by atoms with Crippen molar-refractivity contribution in [2.45, 2.75) is 58.4 Å². The molecule has 0 unspecified atom stereocenters. The number of aromatic amines is 1. The normalized spacial score (nSPS) is 10.8. The van der Waals surface area contributed by atoms with Crippen LogP contribution in [0.5, 0.6) is 0 Å². The van der Waals surface area contributed by atoms with Crippen molar-refractivity contribution >= 4 is 5.91 Å². The van der Waals surface area contributed by atoms with Gasteiger partial charge in [0.2, 0.25) is 0 Å². The Morgan fingerprint density at radius 3 is 2.41 bits per heavy atom. The number of hydrogen-bond acceptors (Lipinski definition) is 2. The summed E-state index contributed by atoms with van der Waals surface area (Å²) in [5.41, 5.74) is 4.98. The third-order valence-electron chi connectivity index (χ3n) is 5.25. The predicted molar refractivity (Wildman–Crippen MR) is 119 cm³/mol. The lowest BCUT2D eigenvalue weighted by Crippen LogP contribution is -2.22. The summed E-state index contributed by atoms with van der Waals surface area (Å²) in [6.07, 6.45) is 10.7. The summed E-state index contributed by atoms with van der Waals surface area (Å²) in [6, 6.07) is 18.0. The number of benzene rings is 2. The first kappa shape index (κ1) is 20.8. The van der Waals surface area contributed by atoms with Gasteiger partial charge in [0.15, 0.2) is 0 Å². The number of H-pyrrole nitrogens is 1. The van der Waals surface area contributed by atoms with Crippen molar-refractivity contribution in [3.05, 3.63) is 77.5 Å². The van der Waals surface area contributed by atoms with Crippen molar-refractivity contribution < 1.29 is 4.79 Å². The fraction of sp³-hybridized carbons (Fsp3) is 0.360. The van der Waals surface area contributed by atoms with E-state index in [1.165, 1.54) is 44.1 Å². The van der Waals surface area contributed by atoms with Gasteiger partial charge in [-0.2, -0.15) is 5.10 Å². The third-order valence-corrected chi connectivity index (χ3v) is 5.25. The molecule has 0 atom stereocenters. The number of carbonyl (C=O) groups excluding carboxylic acids is 1. The average Bonchev–Trinajstić information content (AvgIpc) is 3.24. The van der Waals surface area contributed by atoms with Gasteiger partial charge in [-0.15, -0.1) is 0 Å². The first-order chi connectivity index (χ1) is 14.3. The van der Waals surface area contributed by atoms with Gasteiger partial charge >= 0.3 is 0 Å². The molecule has 3 rings (SSSR count). The number of aryl methyl sites for hydroxylation is 1. The SMILES string of the molecule is CCCCCCCCc1ccc(C(=O)NCc2cn[nH]c2-c2ccccc2)cc1. The van der Waals surface area contributed by atoms with Gasteiger partial charge in [0.25, 0.3) is 5.91 Å². The van der Waals surface area contributed by atoms with Gasteiger partial charge in [-0.3, -0.25) is 9.89 Å². The number of aromatic nitrogens is 2. The molecule has 0 aliphatic heterocycles. The molecule has 4 heteroatoms. The van der Waals surface area contributed by atoms with E-state index < -0.39 is 0 Å². The van der Waals surface area contributed by atoms with Crippen molar-refractivity contribution in [2.24, 2.45) is 0 Å². The summed E-state index contributed by atoms with van der Waals surface area (Å²) in [5, 5.41) is 10.2. The summed E-state index contributed by atoms with van der Waals surface area (Å²) >= 11 is 0. The zero-order valence-corrected chi connectivity index (χ0v) is 17.3. The maximum atomic E-state index is 12.5. The topological polar surface area (TPSA) is 57.8 Å². The first-order valence-electron chi connectivity index (χ1n) is 10.7. The van der Waals surface area contributed by atoms with Crippen LogP contribution >= 0.6 is 0 Å². The number of nitrogens with one attached hydrogen (secondary N) is 2. The van der Waals surface area contributed by atoms with E-state index in [9.17, 15) is 4.79 Å². The number of nitrogens with zero attached hydrogens (tertiary/aromatic N) is 1. The fourth-order valence-corrected chi connectivity index (χ4v) is 3.51. The van der Waals surface area contributed by atoms with Crippen molar-refractivity contribution in [2.75, 3.05) is 0 Å². The first-order valence-corrected chi connectivity index (χ1v) is 10.7. The van der Waals surface area contributed by atoms with E-state index in [0.29, 0.717) is 12.1 Å². The molecule has 0 fully saturated rings. The standard InChI is InChI=1S/C25H31N3O/c1-2-3-4-5-6-8-11-20-14-16-22(17-15-20)25(29)26-18-23-19-27-28-24(23)21-12-9-7-10-13-21/h7,9-10,12-17,19H,2-6,8,11,18H2,1H3,(H,26,29)(H,27,28). The van der Waals surface area contributed by atoms with E-state index in [4.69, 9.17) is 0 Å². The van der Waals surface area contributed by atoms with Crippen LogP contribution < -0.4 is 5.32 Å². The van der Waals surface area contributed by atoms with Crippen LogP contribution in [0.1, 0.15) is 66.9 Å². The Kier molecular flexibility index (Phi) is 8.05. The molecule has 0 saturated heterocycles. The van der Waals surface area contributed by atoms with Crippen LogP contribution in [-0.4, -0.2) is 16.1 Å². The summed E-state index contributed by atoms with van der Waals surface area (Å²) in [6.45, 7) is 2.69. The number of carbonyl (C=O) groups is 1. The maximum Gasteiger partial charge on any atom is 0.251 e. The van der Waals surface area contributed by atoms with E-state index in [0.717, 1.165) is 23.2 Å². The molecule has 0 bridgehead atoms. The lowest BCUT2D eigenvalue weighted by molar-refractivity contribution is 0.0951. The van der Waals surface area contributed by atoms with Gasteiger partial charge < -0.3 is 5.32 Å². The highest BCUT2D eigenvalue weighted by Gasteiger charge is 2.10. The van der Waals surface area contributed by atoms with Gasteiger partial charge in [-0.1, -0.05) is 81.5 Å². The van der Waals surface area contributed by atoms with Crippen LogP contribution in [0.15, 0.2) is 60.8 Å². The van der Waals surface area contributed by atoms with E-state index in [-0.39, 0.29) is 5.91 Å². The molecule has 2 N–H and O–H groups in total. The zero-order chi connectivity index (χ0) is 20.3. The molecular formula is C25H31N3O. The second kappa shape index (κ2) is 11.2. The highest BCUT2D eigenvalue weighted by atomic mass is 16.1.